The predicted octanol–water partition coefficient (Wildman–Crippen LogP) is 3.22. The van der Waals surface area contributed by atoms with E-state index >= 15 is 0 Å². The van der Waals surface area contributed by atoms with Crippen LogP contribution in [0.3, 0.4) is 0 Å². The molecule has 0 aliphatic heterocycles. The van der Waals surface area contributed by atoms with Gasteiger partial charge in [-0.25, -0.2) is 4.79 Å². The van der Waals surface area contributed by atoms with Crippen LogP contribution in [0.1, 0.15) is 48.5 Å². The number of hydrogen-bond donors (Lipinski definition) is 2. The van der Waals surface area contributed by atoms with Crippen LogP contribution in [0.15, 0.2) is 48.8 Å². The Hall–Kier alpha value is -2.40. The highest BCUT2D eigenvalue weighted by Gasteiger charge is 2.31. The molecular weight excluding hydrogens is 314 g/mol. The minimum atomic E-state index is -0.116. The van der Waals surface area contributed by atoms with Gasteiger partial charge in [0, 0.05) is 25.5 Å². The number of benzene rings is 1. The molecule has 0 unspecified atom stereocenters. The first-order valence-corrected chi connectivity index (χ1v) is 8.86. The Balaban J connectivity index is 1.75. The Bertz CT molecular complexity index is 705. The molecule has 132 valence electrons. The average Bonchev–Trinajstić information content (AvgIpc) is 3.07. The second kappa shape index (κ2) is 8.12. The Kier molecular flexibility index (Phi) is 5.66. The highest BCUT2D eigenvalue weighted by atomic mass is 16.3. The van der Waals surface area contributed by atoms with Gasteiger partial charge in [-0.3, -0.25) is 4.98 Å². The van der Waals surface area contributed by atoms with Gasteiger partial charge in [-0.1, -0.05) is 30.3 Å². The third kappa shape index (κ3) is 3.99. The van der Waals surface area contributed by atoms with Crippen molar-refractivity contribution in [3.05, 3.63) is 65.5 Å². The van der Waals surface area contributed by atoms with Gasteiger partial charge in [0.15, 0.2) is 0 Å². The molecule has 0 spiro atoms. The number of hydrogen-bond acceptors (Lipinski definition) is 3. The zero-order valence-electron chi connectivity index (χ0n) is 14.6. The van der Waals surface area contributed by atoms with Crippen LogP contribution in [-0.4, -0.2) is 34.2 Å². The smallest absolute Gasteiger partial charge is 0.318 e. The van der Waals surface area contributed by atoms with Crippen LogP contribution in [0, 0.1) is 0 Å². The highest BCUT2D eigenvalue weighted by Crippen LogP contribution is 2.35. The molecule has 25 heavy (non-hydrogen) atoms. The molecule has 0 radical (unpaired) electrons. The molecule has 0 saturated heterocycles. The molecule has 2 aromatic rings. The van der Waals surface area contributed by atoms with Gasteiger partial charge in [-0.05, 0) is 48.9 Å². The summed E-state index contributed by atoms with van der Waals surface area (Å²) in [5, 5.41) is 12.3. The van der Waals surface area contributed by atoms with Crippen LogP contribution in [0.4, 0.5) is 4.79 Å². The number of aliphatic hydroxyl groups excluding tert-OH is 1. The van der Waals surface area contributed by atoms with Crippen molar-refractivity contribution in [2.75, 3.05) is 13.2 Å². The zero-order chi connectivity index (χ0) is 17.6. The lowest BCUT2D eigenvalue weighted by Gasteiger charge is -2.31. The van der Waals surface area contributed by atoms with Crippen LogP contribution in [-0.2, 0) is 6.42 Å². The topological polar surface area (TPSA) is 65.5 Å². The summed E-state index contributed by atoms with van der Waals surface area (Å²) in [6.07, 6.45) is 5.99. The minimum absolute atomic E-state index is 0.0730. The Labute approximate surface area is 148 Å². The molecule has 3 rings (SSSR count). The van der Waals surface area contributed by atoms with Crippen LogP contribution in [0.5, 0.6) is 0 Å². The summed E-state index contributed by atoms with van der Waals surface area (Å²) >= 11 is 0. The normalized spacial score (nSPS) is 17.0. The Morgan fingerprint density at radius 1 is 1.36 bits per heavy atom. The minimum Gasteiger partial charge on any atom is -0.396 e. The third-order valence-corrected chi connectivity index (χ3v) is 4.82. The molecule has 2 N–H and O–H groups in total. The summed E-state index contributed by atoms with van der Waals surface area (Å²) in [6, 6.07) is 12.0. The Morgan fingerprint density at radius 2 is 2.20 bits per heavy atom. The lowest BCUT2D eigenvalue weighted by molar-refractivity contribution is 0.162. The van der Waals surface area contributed by atoms with E-state index in [2.05, 4.69) is 22.4 Å². The summed E-state index contributed by atoms with van der Waals surface area (Å²) < 4.78 is 0. The standard InChI is InChI=1S/C20H25N3O2/c1-15(17-7-4-11-21-14-17)22-20(25)23(12-5-13-24)19-10-9-16-6-2-3-8-18(16)19/h2-4,6-8,11,14-15,19,24H,5,9-10,12-13H2,1H3,(H,22,25)/t15-,19+/m1/s1. The van der Waals surface area contributed by atoms with E-state index in [4.69, 9.17) is 0 Å². The van der Waals surface area contributed by atoms with Gasteiger partial charge < -0.3 is 15.3 Å². The van der Waals surface area contributed by atoms with E-state index in [0.717, 1.165) is 18.4 Å². The number of urea groups is 1. The number of fused-ring (bicyclic) bond motifs is 1. The van der Waals surface area contributed by atoms with Crippen LogP contribution < -0.4 is 5.32 Å². The maximum Gasteiger partial charge on any atom is 0.318 e. The number of aromatic nitrogens is 1. The highest BCUT2D eigenvalue weighted by molar-refractivity contribution is 5.75. The molecule has 0 fully saturated rings. The number of nitrogens with one attached hydrogen (secondary N) is 1. The summed E-state index contributed by atoms with van der Waals surface area (Å²) in [5.41, 5.74) is 3.52. The van der Waals surface area contributed by atoms with E-state index in [9.17, 15) is 9.90 Å². The van der Waals surface area contributed by atoms with Crippen molar-refractivity contribution in [2.24, 2.45) is 0 Å². The first-order valence-electron chi connectivity index (χ1n) is 8.86. The second-order valence-corrected chi connectivity index (χ2v) is 6.48. The molecule has 1 aromatic carbocycles. The number of pyridine rings is 1. The van der Waals surface area contributed by atoms with Gasteiger partial charge >= 0.3 is 6.03 Å². The fourth-order valence-corrected chi connectivity index (χ4v) is 3.48. The van der Waals surface area contributed by atoms with Crippen LogP contribution >= 0.6 is 0 Å². The fourth-order valence-electron chi connectivity index (χ4n) is 3.48. The van der Waals surface area contributed by atoms with E-state index in [0.29, 0.717) is 13.0 Å². The monoisotopic (exact) mass is 339 g/mol. The van der Waals surface area contributed by atoms with E-state index in [1.165, 1.54) is 11.1 Å². The van der Waals surface area contributed by atoms with Crippen molar-refractivity contribution in [3.63, 3.8) is 0 Å². The average molecular weight is 339 g/mol. The molecular formula is C20H25N3O2. The first-order chi connectivity index (χ1) is 12.2. The molecule has 1 aromatic heterocycles. The van der Waals surface area contributed by atoms with Gasteiger partial charge in [0.2, 0.25) is 0 Å². The number of rotatable bonds is 6. The van der Waals surface area contributed by atoms with E-state index in [1.807, 2.05) is 36.1 Å². The second-order valence-electron chi connectivity index (χ2n) is 6.48. The lowest BCUT2D eigenvalue weighted by atomic mass is 10.1. The number of carbonyl (C=O) groups is 1. The molecule has 1 aliphatic rings. The quantitative estimate of drug-likeness (QED) is 0.849. The number of aryl methyl sites for hydroxylation is 1. The van der Waals surface area contributed by atoms with E-state index < -0.39 is 0 Å². The van der Waals surface area contributed by atoms with Gasteiger partial charge in [0.05, 0.1) is 12.1 Å². The van der Waals surface area contributed by atoms with Gasteiger partial charge in [0.25, 0.3) is 0 Å². The maximum atomic E-state index is 12.9. The van der Waals surface area contributed by atoms with Crippen LogP contribution in [0.2, 0.25) is 0 Å². The van der Waals surface area contributed by atoms with Crippen molar-refractivity contribution in [2.45, 2.75) is 38.3 Å². The summed E-state index contributed by atoms with van der Waals surface area (Å²) in [6.45, 7) is 2.58. The predicted molar refractivity (Wildman–Crippen MR) is 97.1 cm³/mol. The maximum absolute atomic E-state index is 12.9. The van der Waals surface area contributed by atoms with Gasteiger partial charge in [-0.15, -0.1) is 0 Å². The lowest BCUT2D eigenvalue weighted by Crippen LogP contribution is -2.43. The number of aliphatic hydroxyl groups is 1. The molecule has 2 amide bonds. The molecule has 1 aliphatic carbocycles. The molecule has 0 bridgehead atoms. The molecule has 2 atom stereocenters. The molecule has 5 nitrogen and oxygen atoms in total. The van der Waals surface area contributed by atoms with Gasteiger partial charge in [-0.2, -0.15) is 0 Å². The van der Waals surface area contributed by atoms with E-state index in [-0.39, 0.29) is 24.7 Å². The first kappa shape index (κ1) is 17.4. The number of carbonyl (C=O) groups excluding carboxylic acids is 1. The Morgan fingerprint density at radius 3 is 2.96 bits per heavy atom. The van der Waals surface area contributed by atoms with Gasteiger partial charge in [0.1, 0.15) is 0 Å². The molecule has 1 heterocycles. The van der Waals surface area contributed by atoms with Crippen molar-refractivity contribution in [1.29, 1.82) is 0 Å². The SMILES string of the molecule is C[C@@H](NC(=O)N(CCCO)[C@H]1CCc2ccccc21)c1cccnc1. The number of nitrogens with zero attached hydrogens (tertiary/aromatic N) is 2. The van der Waals surface area contributed by atoms with Crippen molar-refractivity contribution in [3.8, 4) is 0 Å². The zero-order valence-corrected chi connectivity index (χ0v) is 14.6. The van der Waals surface area contributed by atoms with Crippen molar-refractivity contribution in [1.82, 2.24) is 15.2 Å². The molecule has 0 saturated carbocycles. The fraction of sp³-hybridized carbons (Fsp3) is 0.400. The largest absolute Gasteiger partial charge is 0.396 e. The third-order valence-electron chi connectivity index (χ3n) is 4.82. The summed E-state index contributed by atoms with van der Waals surface area (Å²) in [7, 11) is 0. The number of amides is 2. The summed E-state index contributed by atoms with van der Waals surface area (Å²) in [5.74, 6) is 0. The van der Waals surface area contributed by atoms with Crippen molar-refractivity contribution >= 4 is 6.03 Å². The van der Waals surface area contributed by atoms with E-state index in [1.54, 1.807) is 12.4 Å². The molecule has 5 heteroatoms. The van der Waals surface area contributed by atoms with Crippen LogP contribution in [0.25, 0.3) is 0 Å². The summed E-state index contributed by atoms with van der Waals surface area (Å²) in [4.78, 5) is 18.9. The van der Waals surface area contributed by atoms with Crippen molar-refractivity contribution < 1.29 is 9.90 Å².